The Hall–Kier alpha value is -1.07. The molecule has 3 rings (SSSR count). The van der Waals surface area contributed by atoms with Crippen LogP contribution in [0.5, 0.6) is 0 Å². The normalized spacial score (nSPS) is 22.7. The molecule has 0 aliphatic carbocycles. The van der Waals surface area contributed by atoms with Gasteiger partial charge in [0, 0.05) is 19.0 Å². The molecule has 0 amide bonds. The Kier molecular flexibility index (Phi) is 4.22. The Morgan fingerprint density at radius 3 is 2.62 bits per heavy atom. The Labute approximate surface area is 129 Å². The molecule has 0 bridgehead atoms. The van der Waals surface area contributed by atoms with Crippen molar-refractivity contribution in [3.63, 3.8) is 0 Å². The summed E-state index contributed by atoms with van der Waals surface area (Å²) in [5.74, 6) is 0.956. The zero-order chi connectivity index (χ0) is 14.9. The fraction of sp³-hybridized carbons (Fsp3) is 0.562. The van der Waals surface area contributed by atoms with E-state index in [-0.39, 0.29) is 11.4 Å². The molecule has 2 aliphatic rings. The van der Waals surface area contributed by atoms with Crippen LogP contribution in [0.2, 0.25) is 0 Å². The minimum Gasteiger partial charge on any atom is -0.381 e. The van der Waals surface area contributed by atoms with Crippen molar-refractivity contribution >= 4 is 16.9 Å². The van der Waals surface area contributed by atoms with Gasteiger partial charge in [0.15, 0.2) is 5.17 Å². The van der Waals surface area contributed by atoms with Gasteiger partial charge in [0.05, 0.1) is 12.1 Å². The van der Waals surface area contributed by atoms with E-state index in [1.54, 1.807) is 25.6 Å². The Morgan fingerprint density at radius 1 is 1.29 bits per heavy atom. The molecule has 2 heterocycles. The number of halogens is 1. The molecule has 1 aromatic rings. The molecule has 3 nitrogen and oxygen atoms in total. The number of aliphatic imine (C=N–C) groups is 1. The molecule has 2 aliphatic heterocycles. The van der Waals surface area contributed by atoms with E-state index in [0.29, 0.717) is 17.7 Å². The van der Waals surface area contributed by atoms with Gasteiger partial charge in [-0.15, -0.1) is 0 Å². The fourth-order valence-electron chi connectivity index (χ4n) is 2.91. The molecule has 0 unspecified atom stereocenters. The second-order valence-corrected chi connectivity index (χ2v) is 6.94. The first-order valence-corrected chi connectivity index (χ1v) is 8.35. The maximum Gasteiger partial charge on any atom is 0.157 e. The predicted octanol–water partition coefficient (Wildman–Crippen LogP) is 3.18. The topological polar surface area (TPSA) is 33.6 Å². The first kappa shape index (κ1) is 14.9. The van der Waals surface area contributed by atoms with Gasteiger partial charge < -0.3 is 10.1 Å². The van der Waals surface area contributed by atoms with E-state index in [9.17, 15) is 4.39 Å². The lowest BCUT2D eigenvalue weighted by Crippen LogP contribution is -2.48. The third-order valence-electron chi connectivity index (χ3n) is 4.21. The maximum atomic E-state index is 13.6. The van der Waals surface area contributed by atoms with Gasteiger partial charge in [-0.25, -0.2) is 4.39 Å². The highest BCUT2D eigenvalue weighted by atomic mass is 32.2. The first-order valence-electron chi connectivity index (χ1n) is 7.37. The van der Waals surface area contributed by atoms with E-state index in [0.717, 1.165) is 42.5 Å². The van der Waals surface area contributed by atoms with Crippen molar-refractivity contribution in [3.8, 4) is 0 Å². The highest BCUT2D eigenvalue weighted by Gasteiger charge is 2.38. The highest BCUT2D eigenvalue weighted by molar-refractivity contribution is 8.14. The molecule has 1 spiro atoms. The minimum absolute atomic E-state index is 0.110. The van der Waals surface area contributed by atoms with Gasteiger partial charge >= 0.3 is 0 Å². The highest BCUT2D eigenvalue weighted by Crippen LogP contribution is 2.32. The second kappa shape index (κ2) is 5.97. The molecular weight excluding hydrogens is 287 g/mol. The summed E-state index contributed by atoms with van der Waals surface area (Å²) in [6, 6.07) is 3.77. The smallest absolute Gasteiger partial charge is 0.157 e. The van der Waals surface area contributed by atoms with Crippen molar-refractivity contribution in [1.82, 2.24) is 5.32 Å². The number of benzene rings is 1. The summed E-state index contributed by atoms with van der Waals surface area (Å²) in [5, 5.41) is 4.59. The van der Waals surface area contributed by atoms with Gasteiger partial charge in [-0.3, -0.25) is 4.99 Å². The molecule has 0 radical (unpaired) electrons. The van der Waals surface area contributed by atoms with Crippen LogP contribution in [-0.4, -0.2) is 29.7 Å². The molecular formula is C16H21FN2OS. The van der Waals surface area contributed by atoms with Crippen LogP contribution in [0.1, 0.15) is 29.5 Å². The van der Waals surface area contributed by atoms with Crippen molar-refractivity contribution in [2.75, 3.05) is 19.0 Å². The van der Waals surface area contributed by atoms with Crippen molar-refractivity contribution in [2.24, 2.45) is 4.99 Å². The SMILES string of the molecule is Cc1cc(CN=C2NC3(CCOCC3)CS2)cc(C)c1F. The number of thioether (sulfide) groups is 1. The molecule has 21 heavy (non-hydrogen) atoms. The van der Waals surface area contributed by atoms with Crippen LogP contribution in [0.3, 0.4) is 0 Å². The van der Waals surface area contributed by atoms with Crippen LogP contribution in [0.4, 0.5) is 4.39 Å². The van der Waals surface area contributed by atoms with Gasteiger partial charge in [-0.2, -0.15) is 0 Å². The van der Waals surface area contributed by atoms with E-state index >= 15 is 0 Å². The number of nitrogens with zero attached hydrogens (tertiary/aromatic N) is 1. The molecule has 1 aromatic carbocycles. The number of rotatable bonds is 2. The van der Waals surface area contributed by atoms with Crippen molar-refractivity contribution in [1.29, 1.82) is 0 Å². The number of amidine groups is 1. The van der Waals surface area contributed by atoms with E-state index in [4.69, 9.17) is 4.74 Å². The van der Waals surface area contributed by atoms with Crippen LogP contribution in [0.15, 0.2) is 17.1 Å². The van der Waals surface area contributed by atoms with E-state index in [2.05, 4.69) is 10.3 Å². The maximum absolute atomic E-state index is 13.6. The van der Waals surface area contributed by atoms with Gasteiger partial charge in [-0.05, 0) is 43.4 Å². The number of ether oxygens (including phenoxy) is 1. The van der Waals surface area contributed by atoms with Crippen LogP contribution in [0, 0.1) is 19.7 Å². The predicted molar refractivity (Wildman–Crippen MR) is 85.4 cm³/mol. The molecule has 1 N–H and O–H groups in total. The summed E-state index contributed by atoms with van der Waals surface area (Å²) in [7, 11) is 0. The monoisotopic (exact) mass is 308 g/mol. The Morgan fingerprint density at radius 2 is 1.95 bits per heavy atom. The van der Waals surface area contributed by atoms with E-state index < -0.39 is 0 Å². The average Bonchev–Trinajstić information content (AvgIpc) is 2.86. The number of hydrogen-bond acceptors (Lipinski definition) is 3. The lowest BCUT2D eigenvalue weighted by Gasteiger charge is -2.32. The number of hydrogen-bond donors (Lipinski definition) is 1. The largest absolute Gasteiger partial charge is 0.381 e. The van der Waals surface area contributed by atoms with Crippen molar-refractivity contribution in [3.05, 3.63) is 34.6 Å². The lowest BCUT2D eigenvalue weighted by molar-refractivity contribution is 0.0555. The third-order valence-corrected chi connectivity index (χ3v) is 5.41. The van der Waals surface area contributed by atoms with Gasteiger partial charge in [-0.1, -0.05) is 23.9 Å². The van der Waals surface area contributed by atoms with E-state index in [1.165, 1.54) is 0 Å². The zero-order valence-corrected chi connectivity index (χ0v) is 13.4. The summed E-state index contributed by atoms with van der Waals surface area (Å²) in [4.78, 5) is 4.66. The van der Waals surface area contributed by atoms with Crippen molar-refractivity contribution < 1.29 is 9.13 Å². The molecule has 5 heteroatoms. The average molecular weight is 308 g/mol. The van der Waals surface area contributed by atoms with Crippen LogP contribution in [0.25, 0.3) is 0 Å². The van der Waals surface area contributed by atoms with Gasteiger partial charge in [0.25, 0.3) is 0 Å². The number of nitrogens with one attached hydrogen (secondary N) is 1. The second-order valence-electron chi connectivity index (χ2n) is 5.97. The molecule has 114 valence electrons. The standard InChI is InChI=1S/C16H21FN2OS/c1-11-7-13(8-12(2)14(11)17)9-18-15-19-16(10-21-15)3-5-20-6-4-16/h7-8H,3-6,9-10H2,1-2H3,(H,18,19). The van der Waals surface area contributed by atoms with E-state index in [1.807, 2.05) is 12.1 Å². The van der Waals surface area contributed by atoms with Crippen molar-refractivity contribution in [2.45, 2.75) is 38.8 Å². The summed E-state index contributed by atoms with van der Waals surface area (Å²) >= 11 is 1.79. The molecule has 2 fully saturated rings. The molecule has 2 saturated heterocycles. The molecule has 0 aromatic heterocycles. The summed E-state index contributed by atoms with van der Waals surface area (Å²) in [6.07, 6.45) is 2.10. The van der Waals surface area contributed by atoms with Gasteiger partial charge in [0.2, 0.25) is 0 Å². The third kappa shape index (κ3) is 3.24. The zero-order valence-electron chi connectivity index (χ0n) is 12.5. The molecule has 0 atom stereocenters. The quantitative estimate of drug-likeness (QED) is 0.911. The van der Waals surface area contributed by atoms with Crippen LogP contribution < -0.4 is 5.32 Å². The summed E-state index contributed by atoms with van der Waals surface area (Å²) < 4.78 is 19.1. The molecule has 0 saturated carbocycles. The lowest BCUT2D eigenvalue weighted by atomic mass is 9.93. The van der Waals surface area contributed by atoms with Gasteiger partial charge in [0.1, 0.15) is 5.82 Å². The Bertz CT molecular complexity index is 544. The Balaban J connectivity index is 1.67. The number of aryl methyl sites for hydroxylation is 2. The van der Waals surface area contributed by atoms with Crippen LogP contribution >= 0.6 is 11.8 Å². The minimum atomic E-state index is -0.110. The first-order chi connectivity index (χ1) is 10.1. The summed E-state index contributed by atoms with van der Waals surface area (Å²) in [5.41, 5.74) is 2.63. The fourth-order valence-corrected chi connectivity index (χ4v) is 4.13. The summed E-state index contributed by atoms with van der Waals surface area (Å²) in [6.45, 7) is 5.87. The van der Waals surface area contributed by atoms with Crippen LogP contribution in [-0.2, 0) is 11.3 Å².